The molecule has 2 heterocycles. The normalized spacial score (nSPS) is 24.7. The van der Waals surface area contributed by atoms with Crippen molar-refractivity contribution in [1.82, 2.24) is 23.3 Å². The Morgan fingerprint density at radius 3 is 2.40 bits per heavy atom. The summed E-state index contributed by atoms with van der Waals surface area (Å²) in [6.45, 7) is 6.29. The number of hydrogen-bond acceptors (Lipinski definition) is 4. The van der Waals surface area contributed by atoms with E-state index < -0.39 is 10.2 Å². The summed E-state index contributed by atoms with van der Waals surface area (Å²) in [4.78, 5) is 14.5. The highest BCUT2D eigenvalue weighted by atomic mass is 32.2. The van der Waals surface area contributed by atoms with E-state index in [0.29, 0.717) is 39.3 Å². The van der Waals surface area contributed by atoms with Crippen molar-refractivity contribution in [2.75, 3.05) is 39.3 Å². The highest BCUT2D eigenvalue weighted by Gasteiger charge is 2.47. The molecule has 1 aliphatic carbocycles. The molecule has 140 valence electrons. The number of piperazine rings is 1. The molecule has 0 spiro atoms. The fraction of sp³-hybridized carbons (Fsp3) is 0.750. The maximum atomic E-state index is 12.7. The minimum Gasteiger partial charge on any atom is -0.340 e. The molecule has 2 atom stereocenters. The third kappa shape index (κ3) is 3.58. The van der Waals surface area contributed by atoms with Gasteiger partial charge in [-0.2, -0.15) is 22.1 Å². The van der Waals surface area contributed by atoms with Gasteiger partial charge in [0.05, 0.1) is 6.20 Å². The average molecular weight is 369 g/mol. The first kappa shape index (κ1) is 18.3. The summed E-state index contributed by atoms with van der Waals surface area (Å²) in [5, 5.41) is 4.17. The van der Waals surface area contributed by atoms with Crippen molar-refractivity contribution in [2.45, 2.75) is 26.2 Å². The van der Waals surface area contributed by atoms with Gasteiger partial charge in [0.25, 0.3) is 10.2 Å². The zero-order chi connectivity index (χ0) is 18.2. The van der Waals surface area contributed by atoms with Crippen LogP contribution in [0.25, 0.3) is 0 Å². The number of carbonyl (C=O) groups excluding carboxylic acids is 1. The molecule has 0 bridgehead atoms. The number of hydrogen-bond donors (Lipinski definition) is 0. The van der Waals surface area contributed by atoms with Gasteiger partial charge in [-0.05, 0) is 17.9 Å². The number of rotatable bonds is 6. The van der Waals surface area contributed by atoms with Gasteiger partial charge in [-0.1, -0.05) is 13.8 Å². The zero-order valence-corrected chi connectivity index (χ0v) is 15.9. The van der Waals surface area contributed by atoms with Crippen LogP contribution in [0, 0.1) is 5.92 Å². The van der Waals surface area contributed by atoms with Crippen molar-refractivity contribution in [3.05, 3.63) is 18.0 Å². The highest BCUT2D eigenvalue weighted by molar-refractivity contribution is 7.86. The van der Waals surface area contributed by atoms with Crippen LogP contribution in [0.2, 0.25) is 0 Å². The van der Waals surface area contributed by atoms with Gasteiger partial charge < -0.3 is 4.90 Å². The van der Waals surface area contributed by atoms with Gasteiger partial charge >= 0.3 is 0 Å². The van der Waals surface area contributed by atoms with E-state index in [0.717, 1.165) is 12.0 Å². The lowest BCUT2D eigenvalue weighted by Gasteiger charge is -2.36. The Morgan fingerprint density at radius 2 is 1.88 bits per heavy atom. The zero-order valence-electron chi connectivity index (χ0n) is 15.1. The van der Waals surface area contributed by atoms with E-state index >= 15 is 0 Å². The van der Waals surface area contributed by atoms with Gasteiger partial charge in [-0.25, -0.2) is 0 Å². The molecule has 0 aromatic carbocycles. The van der Waals surface area contributed by atoms with Crippen LogP contribution in [-0.2, 0) is 22.1 Å². The number of aryl methyl sites for hydroxylation is 1. The van der Waals surface area contributed by atoms with Gasteiger partial charge in [-0.3, -0.25) is 9.48 Å². The van der Waals surface area contributed by atoms with E-state index in [1.54, 1.807) is 4.68 Å². The van der Waals surface area contributed by atoms with E-state index in [2.05, 4.69) is 5.10 Å². The molecule has 2 fully saturated rings. The van der Waals surface area contributed by atoms with Gasteiger partial charge in [0.1, 0.15) is 0 Å². The predicted molar refractivity (Wildman–Crippen MR) is 94.0 cm³/mol. The largest absolute Gasteiger partial charge is 0.340 e. The highest BCUT2D eigenvalue weighted by Crippen LogP contribution is 2.48. The van der Waals surface area contributed by atoms with Crippen molar-refractivity contribution in [3.63, 3.8) is 0 Å². The SMILES string of the molecule is CCN(CC)S(=O)(=O)N1CCN(C(=O)[C@H]2C[C@@H]2c2cnn(C)c2)CC1. The molecule has 2 aliphatic rings. The Hall–Kier alpha value is -1.45. The van der Waals surface area contributed by atoms with E-state index in [-0.39, 0.29) is 17.7 Å². The fourth-order valence-electron chi connectivity index (χ4n) is 3.55. The van der Waals surface area contributed by atoms with Crippen molar-refractivity contribution < 1.29 is 13.2 Å². The molecule has 1 saturated heterocycles. The summed E-state index contributed by atoms with van der Waals surface area (Å²) < 4.78 is 29.8. The Labute approximate surface area is 149 Å². The Bertz CT molecular complexity index is 720. The molecule has 3 rings (SSSR count). The summed E-state index contributed by atoms with van der Waals surface area (Å²) >= 11 is 0. The first-order valence-electron chi connectivity index (χ1n) is 8.91. The number of carbonyl (C=O) groups is 1. The van der Waals surface area contributed by atoms with Crippen molar-refractivity contribution in [1.29, 1.82) is 0 Å². The third-order valence-corrected chi connectivity index (χ3v) is 7.36. The minimum atomic E-state index is -3.41. The molecule has 1 aliphatic heterocycles. The molecule has 25 heavy (non-hydrogen) atoms. The minimum absolute atomic E-state index is 0.0233. The van der Waals surface area contributed by atoms with Crippen molar-refractivity contribution in [3.8, 4) is 0 Å². The first-order valence-corrected chi connectivity index (χ1v) is 10.3. The van der Waals surface area contributed by atoms with E-state index in [1.807, 2.05) is 38.2 Å². The fourth-order valence-corrected chi connectivity index (χ4v) is 5.16. The standard InChI is InChI=1S/C16H27N5O3S/c1-4-20(5-2)25(23,24)21-8-6-19(7-9-21)16(22)15-10-14(15)13-11-17-18(3)12-13/h11-12,14-15H,4-10H2,1-3H3/t14-,15+/m1/s1. The quantitative estimate of drug-likeness (QED) is 0.720. The lowest BCUT2D eigenvalue weighted by molar-refractivity contribution is -0.133. The monoisotopic (exact) mass is 369 g/mol. The van der Waals surface area contributed by atoms with Crippen LogP contribution < -0.4 is 0 Å². The molecule has 9 heteroatoms. The maximum absolute atomic E-state index is 12.7. The summed E-state index contributed by atoms with van der Waals surface area (Å²) in [5.74, 6) is 0.433. The van der Waals surface area contributed by atoms with Gasteiger partial charge in [0.15, 0.2) is 0 Å². The maximum Gasteiger partial charge on any atom is 0.282 e. The summed E-state index contributed by atoms with van der Waals surface area (Å²) in [7, 11) is -1.54. The molecular weight excluding hydrogens is 342 g/mol. The molecule has 0 radical (unpaired) electrons. The molecular formula is C16H27N5O3S. The number of amides is 1. The Balaban J connectivity index is 1.55. The van der Waals surface area contributed by atoms with Crippen LogP contribution in [-0.4, -0.2) is 76.9 Å². The summed E-state index contributed by atoms with van der Waals surface area (Å²) in [6.07, 6.45) is 4.65. The van der Waals surface area contributed by atoms with Crippen LogP contribution in [0.1, 0.15) is 31.7 Å². The second kappa shape index (κ2) is 7.05. The van der Waals surface area contributed by atoms with Crippen LogP contribution in [0.3, 0.4) is 0 Å². The van der Waals surface area contributed by atoms with E-state index in [4.69, 9.17) is 0 Å². The summed E-state index contributed by atoms with van der Waals surface area (Å²) in [5.41, 5.74) is 1.11. The smallest absolute Gasteiger partial charge is 0.282 e. The van der Waals surface area contributed by atoms with E-state index in [9.17, 15) is 13.2 Å². The summed E-state index contributed by atoms with van der Waals surface area (Å²) in [6, 6.07) is 0. The Kier molecular flexibility index (Phi) is 5.17. The Morgan fingerprint density at radius 1 is 1.24 bits per heavy atom. The van der Waals surface area contributed by atoms with Gasteiger partial charge in [-0.15, -0.1) is 0 Å². The third-order valence-electron chi connectivity index (χ3n) is 5.17. The lowest BCUT2D eigenvalue weighted by atomic mass is 10.2. The second-order valence-corrected chi connectivity index (χ2v) is 8.64. The second-order valence-electron chi connectivity index (χ2n) is 6.71. The molecule has 1 saturated carbocycles. The number of aromatic nitrogens is 2. The van der Waals surface area contributed by atoms with Crippen molar-refractivity contribution >= 4 is 16.1 Å². The molecule has 1 aromatic rings. The molecule has 1 amide bonds. The molecule has 8 nitrogen and oxygen atoms in total. The van der Waals surface area contributed by atoms with Crippen LogP contribution in [0.4, 0.5) is 0 Å². The topological polar surface area (TPSA) is 78.8 Å². The molecule has 1 aromatic heterocycles. The number of nitrogens with zero attached hydrogens (tertiary/aromatic N) is 5. The lowest BCUT2D eigenvalue weighted by Crippen LogP contribution is -2.54. The van der Waals surface area contributed by atoms with Crippen LogP contribution in [0.15, 0.2) is 12.4 Å². The van der Waals surface area contributed by atoms with E-state index in [1.165, 1.54) is 8.61 Å². The van der Waals surface area contributed by atoms with Crippen LogP contribution in [0.5, 0.6) is 0 Å². The predicted octanol–water partition coefficient (Wildman–Crippen LogP) is 0.254. The molecule has 0 unspecified atom stereocenters. The molecule has 0 N–H and O–H groups in total. The average Bonchev–Trinajstić information content (AvgIpc) is 3.29. The van der Waals surface area contributed by atoms with Crippen molar-refractivity contribution in [2.24, 2.45) is 13.0 Å². The van der Waals surface area contributed by atoms with Crippen LogP contribution >= 0.6 is 0 Å². The first-order chi connectivity index (χ1) is 11.9. The van der Waals surface area contributed by atoms with Gasteiger partial charge in [0, 0.05) is 58.4 Å². The van der Waals surface area contributed by atoms with Gasteiger partial charge in [0.2, 0.25) is 5.91 Å².